The van der Waals surface area contributed by atoms with Crippen LogP contribution >= 0.6 is 0 Å². The lowest BCUT2D eigenvalue weighted by Gasteiger charge is -2.04. The molecular weight excluding hydrogens is 554 g/mol. The van der Waals surface area contributed by atoms with Gasteiger partial charge >= 0.3 is 0 Å². The van der Waals surface area contributed by atoms with Gasteiger partial charge in [-0.25, -0.2) is 4.57 Å². The van der Waals surface area contributed by atoms with Gasteiger partial charge in [-0.15, -0.1) is 0 Å². The smallest absolute Gasteiger partial charge is 0.169 e. The second kappa shape index (κ2) is 36.6. The second-order valence-corrected chi connectivity index (χ2v) is 13.8. The number of aromatic nitrogens is 1. The van der Waals surface area contributed by atoms with Gasteiger partial charge in [0, 0.05) is 18.6 Å². The molecule has 2 heteroatoms. The van der Waals surface area contributed by atoms with Gasteiger partial charge in [0.2, 0.25) is 0 Å². The van der Waals surface area contributed by atoms with Gasteiger partial charge in [0.05, 0.1) is 0 Å². The van der Waals surface area contributed by atoms with Crippen molar-refractivity contribution < 1.29 is 17.0 Å². The van der Waals surface area contributed by atoms with Gasteiger partial charge in [-0.1, -0.05) is 180 Å². The number of unbranched alkanes of at least 4 members (excludes halogenated alkanes) is 28. The standard InChI is InChI=1S/C42H78N.ClH/c1-3-5-7-9-11-13-15-17-19-21-22-24-26-28-30-32-34-36-42-37-40-43(41-38-42)39-35-33-31-29-27-25-23-20-18-16-14-12-10-8-6-4-2;/h17,19,37-38,40-41H,3-16,18,20-36,39H2,1-2H3;1H/q+1;/p-1/b19-17-;. The summed E-state index contributed by atoms with van der Waals surface area (Å²) in [5.41, 5.74) is 1.52. The van der Waals surface area contributed by atoms with Crippen LogP contribution in [0.5, 0.6) is 0 Å². The Bertz CT molecular complexity index is 682. The zero-order valence-electron chi connectivity index (χ0n) is 30.1. The van der Waals surface area contributed by atoms with Crippen LogP contribution in [0.25, 0.3) is 0 Å². The van der Waals surface area contributed by atoms with Crippen molar-refractivity contribution in [3.63, 3.8) is 0 Å². The molecule has 0 saturated heterocycles. The third kappa shape index (κ3) is 31.2. The maximum absolute atomic E-state index is 2.44. The molecule has 0 aliphatic rings. The zero-order chi connectivity index (χ0) is 30.7. The van der Waals surface area contributed by atoms with Gasteiger partial charge < -0.3 is 12.4 Å². The van der Waals surface area contributed by atoms with Gasteiger partial charge in [-0.05, 0) is 50.5 Å². The van der Waals surface area contributed by atoms with Gasteiger partial charge in [-0.3, -0.25) is 0 Å². The largest absolute Gasteiger partial charge is 1.00 e. The van der Waals surface area contributed by atoms with Crippen LogP contribution in [0, 0.1) is 0 Å². The van der Waals surface area contributed by atoms with Crippen molar-refractivity contribution in [3.05, 3.63) is 42.2 Å². The van der Waals surface area contributed by atoms with Crippen LogP contribution in [-0.4, -0.2) is 0 Å². The lowest BCUT2D eigenvalue weighted by atomic mass is 10.0. The minimum absolute atomic E-state index is 0. The van der Waals surface area contributed by atoms with Crippen LogP contribution in [0.3, 0.4) is 0 Å². The average molecular weight is 633 g/mol. The van der Waals surface area contributed by atoms with Crippen molar-refractivity contribution in [3.8, 4) is 0 Å². The average Bonchev–Trinajstić information content (AvgIpc) is 3.03. The quantitative estimate of drug-likeness (QED) is 0.0404. The number of nitrogens with zero attached hydrogens (tertiary/aromatic N) is 1. The van der Waals surface area contributed by atoms with E-state index in [1.165, 1.54) is 218 Å². The summed E-state index contributed by atoms with van der Waals surface area (Å²) in [5, 5.41) is 0. The maximum Gasteiger partial charge on any atom is 0.169 e. The molecule has 0 atom stereocenters. The monoisotopic (exact) mass is 632 g/mol. The lowest BCUT2D eigenvalue weighted by Crippen LogP contribution is -3.00. The first-order chi connectivity index (χ1) is 21.4. The molecule has 0 N–H and O–H groups in total. The van der Waals surface area contributed by atoms with E-state index in [4.69, 9.17) is 0 Å². The summed E-state index contributed by atoms with van der Waals surface area (Å²) in [4.78, 5) is 0. The van der Waals surface area contributed by atoms with Crippen LogP contribution in [0.1, 0.15) is 218 Å². The highest BCUT2D eigenvalue weighted by Crippen LogP contribution is 2.15. The fraction of sp³-hybridized carbons (Fsp3) is 0.833. The Morgan fingerprint density at radius 2 is 0.727 bits per heavy atom. The Labute approximate surface area is 284 Å². The summed E-state index contributed by atoms with van der Waals surface area (Å²) < 4.78 is 2.40. The number of hydrogen-bond acceptors (Lipinski definition) is 0. The highest BCUT2D eigenvalue weighted by molar-refractivity contribution is 5.07. The van der Waals surface area contributed by atoms with Crippen molar-refractivity contribution in [2.24, 2.45) is 0 Å². The number of rotatable bonds is 34. The Kier molecular flexibility index (Phi) is 36.0. The van der Waals surface area contributed by atoms with E-state index in [9.17, 15) is 0 Å². The summed E-state index contributed by atoms with van der Waals surface area (Å²) in [6.07, 6.45) is 54.7. The third-order valence-corrected chi connectivity index (χ3v) is 9.46. The fourth-order valence-corrected chi connectivity index (χ4v) is 6.40. The molecule has 1 rings (SSSR count). The van der Waals surface area contributed by atoms with Crippen LogP contribution in [-0.2, 0) is 13.0 Å². The molecule has 0 amide bonds. The van der Waals surface area contributed by atoms with Gasteiger partial charge in [-0.2, -0.15) is 0 Å². The zero-order valence-corrected chi connectivity index (χ0v) is 30.9. The van der Waals surface area contributed by atoms with Gasteiger partial charge in [0.1, 0.15) is 6.54 Å². The van der Waals surface area contributed by atoms with Crippen molar-refractivity contribution in [2.45, 2.75) is 226 Å². The minimum Gasteiger partial charge on any atom is -1.00 e. The number of halogens is 1. The molecular formula is C42H78ClN. The van der Waals surface area contributed by atoms with Crippen LogP contribution in [0.15, 0.2) is 36.7 Å². The van der Waals surface area contributed by atoms with E-state index in [1.54, 1.807) is 0 Å². The molecule has 1 nitrogen and oxygen atoms in total. The molecule has 0 bridgehead atoms. The number of pyridine rings is 1. The summed E-state index contributed by atoms with van der Waals surface area (Å²) in [6.45, 7) is 5.79. The predicted octanol–water partition coefficient (Wildman–Crippen LogP) is 11.2. The number of hydrogen-bond donors (Lipinski definition) is 0. The number of aryl methyl sites for hydroxylation is 2. The summed E-state index contributed by atoms with van der Waals surface area (Å²) >= 11 is 0. The molecule has 1 aromatic rings. The fourth-order valence-electron chi connectivity index (χ4n) is 6.40. The molecule has 1 heterocycles. The molecule has 1 aromatic heterocycles. The van der Waals surface area contributed by atoms with Crippen molar-refractivity contribution >= 4 is 0 Å². The molecule has 0 unspecified atom stereocenters. The second-order valence-electron chi connectivity index (χ2n) is 13.8. The van der Waals surface area contributed by atoms with Crippen molar-refractivity contribution in [1.82, 2.24) is 0 Å². The van der Waals surface area contributed by atoms with Crippen LogP contribution < -0.4 is 17.0 Å². The highest BCUT2D eigenvalue weighted by atomic mass is 35.5. The summed E-state index contributed by atoms with van der Waals surface area (Å²) in [6, 6.07) is 4.74. The van der Waals surface area contributed by atoms with E-state index in [-0.39, 0.29) is 12.4 Å². The van der Waals surface area contributed by atoms with E-state index in [1.807, 2.05) is 0 Å². The summed E-state index contributed by atoms with van der Waals surface area (Å²) in [7, 11) is 0. The molecule has 0 aliphatic heterocycles. The van der Waals surface area contributed by atoms with Gasteiger partial charge in [0.15, 0.2) is 12.4 Å². The maximum atomic E-state index is 2.44. The molecule has 0 aromatic carbocycles. The van der Waals surface area contributed by atoms with Crippen LogP contribution in [0.2, 0.25) is 0 Å². The molecule has 0 radical (unpaired) electrons. The minimum atomic E-state index is 0. The van der Waals surface area contributed by atoms with E-state index in [0.29, 0.717) is 0 Å². The van der Waals surface area contributed by atoms with E-state index in [2.05, 4.69) is 55.1 Å². The highest BCUT2D eigenvalue weighted by Gasteiger charge is 2.02. The predicted molar refractivity (Wildman–Crippen MR) is 194 cm³/mol. The first-order valence-electron chi connectivity index (χ1n) is 20.0. The normalized spacial score (nSPS) is 11.4. The summed E-state index contributed by atoms with van der Waals surface area (Å²) in [5.74, 6) is 0. The first kappa shape index (κ1) is 43.2. The van der Waals surface area contributed by atoms with E-state index < -0.39 is 0 Å². The Hall–Kier alpha value is -0.820. The van der Waals surface area contributed by atoms with E-state index >= 15 is 0 Å². The molecule has 0 saturated carbocycles. The molecule has 0 aliphatic carbocycles. The van der Waals surface area contributed by atoms with E-state index in [0.717, 1.165) is 0 Å². The molecule has 258 valence electrons. The Balaban J connectivity index is 0.0000185. The molecule has 0 spiro atoms. The van der Waals surface area contributed by atoms with Crippen LogP contribution in [0.4, 0.5) is 0 Å². The third-order valence-electron chi connectivity index (χ3n) is 9.46. The Morgan fingerprint density at radius 3 is 1.11 bits per heavy atom. The number of allylic oxidation sites excluding steroid dienone is 2. The molecule has 0 fully saturated rings. The van der Waals surface area contributed by atoms with Crippen molar-refractivity contribution in [2.75, 3.05) is 0 Å². The first-order valence-corrected chi connectivity index (χ1v) is 20.0. The molecule has 44 heavy (non-hydrogen) atoms. The van der Waals surface area contributed by atoms with Gasteiger partial charge in [0.25, 0.3) is 0 Å². The lowest BCUT2D eigenvalue weighted by molar-refractivity contribution is -0.697. The Morgan fingerprint density at radius 1 is 0.409 bits per heavy atom. The topological polar surface area (TPSA) is 3.88 Å². The van der Waals surface area contributed by atoms with Crippen molar-refractivity contribution in [1.29, 1.82) is 0 Å². The SMILES string of the molecule is CCCCCCCC/C=C\CCCCCCCCCc1cc[n+](CCCCCCCCCCCCCCCCCC)cc1.[Cl-].